The molecule has 1 heterocycles. The number of hydrogen-bond donors (Lipinski definition) is 2. The maximum atomic E-state index is 11.5. The Hall–Kier alpha value is -1.88. The highest BCUT2D eigenvalue weighted by Crippen LogP contribution is 2.42. The Bertz CT molecular complexity index is 970. The third-order valence-electron chi connectivity index (χ3n) is 6.13. The fourth-order valence-corrected chi connectivity index (χ4v) is 5.01. The van der Waals surface area contributed by atoms with Gasteiger partial charge in [0.15, 0.2) is 0 Å². The van der Waals surface area contributed by atoms with Crippen molar-refractivity contribution in [1.82, 2.24) is 4.90 Å². The summed E-state index contributed by atoms with van der Waals surface area (Å²) in [4.78, 5) is 2.36. The van der Waals surface area contributed by atoms with Gasteiger partial charge < -0.3 is 10.8 Å². The second kappa shape index (κ2) is 9.09. The van der Waals surface area contributed by atoms with Crippen molar-refractivity contribution in [3.05, 3.63) is 105 Å². The van der Waals surface area contributed by atoms with Crippen LogP contribution >= 0.6 is 23.2 Å². The molecule has 0 aliphatic carbocycles. The second-order valence-electron chi connectivity index (χ2n) is 7.87. The highest BCUT2D eigenvalue weighted by molar-refractivity contribution is 6.32. The molecule has 0 bridgehead atoms. The standard InChI is InChI=1S/C25H26Cl2N2O/c26-22-11-5-2-8-19(22)24(20-9-3-6-12-23(20)27)29-15-13-25(30,14-16-29)21-10-4-1-7-18(21)17-28/h1-12,24,30H,13-17,28H2. The zero-order valence-electron chi connectivity index (χ0n) is 16.8. The van der Waals surface area contributed by atoms with Crippen LogP contribution in [0.5, 0.6) is 0 Å². The lowest BCUT2D eigenvalue weighted by Crippen LogP contribution is -2.45. The van der Waals surface area contributed by atoms with Crippen LogP contribution in [-0.2, 0) is 12.1 Å². The maximum absolute atomic E-state index is 11.5. The minimum Gasteiger partial charge on any atom is -0.385 e. The van der Waals surface area contributed by atoms with Gasteiger partial charge in [-0.15, -0.1) is 0 Å². The third-order valence-corrected chi connectivity index (χ3v) is 6.82. The molecule has 156 valence electrons. The third kappa shape index (κ3) is 4.14. The summed E-state index contributed by atoms with van der Waals surface area (Å²) in [6.45, 7) is 1.86. The molecule has 0 radical (unpaired) electrons. The van der Waals surface area contributed by atoms with Crippen LogP contribution in [0.2, 0.25) is 10.0 Å². The predicted octanol–water partition coefficient (Wildman–Crippen LogP) is 5.53. The number of aliphatic hydroxyl groups is 1. The first-order valence-corrected chi connectivity index (χ1v) is 11.0. The number of rotatable bonds is 5. The first-order chi connectivity index (χ1) is 14.5. The van der Waals surface area contributed by atoms with Crippen LogP contribution < -0.4 is 5.73 Å². The fraction of sp³-hybridized carbons (Fsp3) is 0.280. The van der Waals surface area contributed by atoms with Crippen LogP contribution in [0.15, 0.2) is 72.8 Å². The number of likely N-dealkylation sites (tertiary alicyclic amines) is 1. The summed E-state index contributed by atoms with van der Waals surface area (Å²) in [5.41, 5.74) is 9.05. The SMILES string of the molecule is NCc1ccccc1C1(O)CCN(C(c2ccccc2Cl)c2ccccc2Cl)CC1. The number of halogens is 2. The van der Waals surface area contributed by atoms with E-state index in [4.69, 9.17) is 28.9 Å². The molecule has 3 nitrogen and oxygen atoms in total. The molecule has 1 aliphatic heterocycles. The molecule has 1 saturated heterocycles. The maximum Gasteiger partial charge on any atom is 0.0924 e. The lowest BCUT2D eigenvalue weighted by molar-refractivity contribution is -0.0330. The molecule has 30 heavy (non-hydrogen) atoms. The van der Waals surface area contributed by atoms with E-state index in [0.717, 1.165) is 45.4 Å². The zero-order valence-corrected chi connectivity index (χ0v) is 18.3. The van der Waals surface area contributed by atoms with Crippen molar-refractivity contribution in [2.75, 3.05) is 13.1 Å². The Morgan fingerprint density at radius 2 is 1.33 bits per heavy atom. The number of hydrogen-bond acceptors (Lipinski definition) is 3. The first kappa shape index (κ1) is 21.4. The summed E-state index contributed by atoms with van der Waals surface area (Å²) >= 11 is 13.2. The van der Waals surface area contributed by atoms with E-state index < -0.39 is 5.60 Å². The molecule has 3 aromatic rings. The van der Waals surface area contributed by atoms with E-state index in [0.29, 0.717) is 19.4 Å². The zero-order chi connectivity index (χ0) is 21.1. The van der Waals surface area contributed by atoms with Crippen LogP contribution in [0.3, 0.4) is 0 Å². The van der Waals surface area contributed by atoms with Crippen molar-refractivity contribution in [1.29, 1.82) is 0 Å². The number of piperidine rings is 1. The highest BCUT2D eigenvalue weighted by atomic mass is 35.5. The van der Waals surface area contributed by atoms with Gasteiger partial charge in [-0.2, -0.15) is 0 Å². The van der Waals surface area contributed by atoms with Gasteiger partial charge in [0.05, 0.1) is 11.6 Å². The molecule has 0 spiro atoms. The lowest BCUT2D eigenvalue weighted by atomic mass is 9.81. The Kier molecular flexibility index (Phi) is 6.47. The van der Waals surface area contributed by atoms with Crippen LogP contribution in [0.25, 0.3) is 0 Å². The number of nitrogens with two attached hydrogens (primary N) is 1. The summed E-state index contributed by atoms with van der Waals surface area (Å²) in [6, 6.07) is 23.7. The van der Waals surface area contributed by atoms with Gasteiger partial charge in [-0.05, 0) is 47.2 Å². The molecule has 3 aromatic carbocycles. The van der Waals surface area contributed by atoms with E-state index in [1.165, 1.54) is 0 Å². The summed E-state index contributed by atoms with van der Waals surface area (Å²) in [5.74, 6) is 0. The molecule has 1 aliphatic rings. The largest absolute Gasteiger partial charge is 0.385 e. The van der Waals surface area contributed by atoms with Crippen LogP contribution in [0.4, 0.5) is 0 Å². The van der Waals surface area contributed by atoms with Crippen molar-refractivity contribution in [3.63, 3.8) is 0 Å². The molecular formula is C25H26Cl2N2O. The summed E-state index contributed by atoms with van der Waals surface area (Å²) in [6.07, 6.45) is 1.24. The minimum atomic E-state index is -0.877. The van der Waals surface area contributed by atoms with Gasteiger partial charge in [-0.25, -0.2) is 0 Å². The molecule has 4 rings (SSSR count). The average molecular weight is 441 g/mol. The Labute approximate surface area is 188 Å². The Morgan fingerprint density at radius 1 is 0.833 bits per heavy atom. The van der Waals surface area contributed by atoms with E-state index in [2.05, 4.69) is 17.0 Å². The van der Waals surface area contributed by atoms with E-state index in [9.17, 15) is 5.11 Å². The van der Waals surface area contributed by atoms with E-state index >= 15 is 0 Å². The fourth-order valence-electron chi connectivity index (χ4n) is 4.53. The monoisotopic (exact) mass is 440 g/mol. The molecule has 5 heteroatoms. The highest BCUT2D eigenvalue weighted by Gasteiger charge is 2.38. The normalized spacial score (nSPS) is 16.7. The molecule has 3 N–H and O–H groups in total. The molecule has 0 aromatic heterocycles. The molecule has 0 atom stereocenters. The van der Waals surface area contributed by atoms with Crippen LogP contribution in [-0.4, -0.2) is 23.1 Å². The second-order valence-corrected chi connectivity index (χ2v) is 8.69. The van der Waals surface area contributed by atoms with Crippen molar-refractivity contribution >= 4 is 23.2 Å². The van der Waals surface area contributed by atoms with Crippen molar-refractivity contribution in [3.8, 4) is 0 Å². The smallest absolute Gasteiger partial charge is 0.0924 e. The van der Waals surface area contributed by atoms with Gasteiger partial charge in [0.25, 0.3) is 0 Å². The van der Waals surface area contributed by atoms with Crippen molar-refractivity contribution in [2.24, 2.45) is 5.73 Å². The van der Waals surface area contributed by atoms with E-state index in [1.807, 2.05) is 60.7 Å². The topological polar surface area (TPSA) is 49.5 Å². The predicted molar refractivity (Wildman–Crippen MR) is 124 cm³/mol. The number of nitrogens with zero attached hydrogens (tertiary/aromatic N) is 1. The van der Waals surface area contributed by atoms with Crippen molar-refractivity contribution in [2.45, 2.75) is 31.0 Å². The first-order valence-electron chi connectivity index (χ1n) is 10.3. The quantitative estimate of drug-likeness (QED) is 0.548. The van der Waals surface area contributed by atoms with Crippen LogP contribution in [0, 0.1) is 0 Å². The molecule has 0 saturated carbocycles. The Balaban J connectivity index is 1.66. The van der Waals surface area contributed by atoms with Crippen LogP contribution in [0.1, 0.15) is 41.1 Å². The summed E-state index contributed by atoms with van der Waals surface area (Å²) in [7, 11) is 0. The van der Waals surface area contributed by atoms with Gasteiger partial charge in [-0.1, -0.05) is 83.9 Å². The van der Waals surface area contributed by atoms with Gasteiger partial charge in [0, 0.05) is 29.7 Å². The molecule has 1 fully saturated rings. The average Bonchev–Trinajstić information content (AvgIpc) is 2.78. The van der Waals surface area contributed by atoms with Gasteiger partial charge in [0.2, 0.25) is 0 Å². The molecule has 0 amide bonds. The van der Waals surface area contributed by atoms with E-state index in [1.54, 1.807) is 0 Å². The lowest BCUT2D eigenvalue weighted by Gasteiger charge is -2.43. The summed E-state index contributed by atoms with van der Waals surface area (Å²) in [5, 5.41) is 12.9. The van der Waals surface area contributed by atoms with Gasteiger partial charge in [0.1, 0.15) is 0 Å². The Morgan fingerprint density at radius 3 is 1.87 bits per heavy atom. The number of benzene rings is 3. The minimum absolute atomic E-state index is 0.0679. The molecular weight excluding hydrogens is 415 g/mol. The van der Waals surface area contributed by atoms with Gasteiger partial charge >= 0.3 is 0 Å². The van der Waals surface area contributed by atoms with E-state index in [-0.39, 0.29) is 6.04 Å². The van der Waals surface area contributed by atoms with Crippen molar-refractivity contribution < 1.29 is 5.11 Å². The molecule has 0 unspecified atom stereocenters. The van der Waals surface area contributed by atoms with Gasteiger partial charge in [-0.3, -0.25) is 4.90 Å². The summed E-state index contributed by atoms with van der Waals surface area (Å²) < 4.78 is 0.